The number of carbonyl (C=O) groups is 1. The Hall–Kier alpha value is -3.02. The summed E-state index contributed by atoms with van der Waals surface area (Å²) < 4.78 is 39.7. The maximum absolute atomic E-state index is 14.4. The summed E-state index contributed by atoms with van der Waals surface area (Å²) in [7, 11) is 0. The SMILES string of the molecule is CCC(C)(C)C(=O)/C=C(\O)C(C)(C)C.Cc1[c-]c(-c2nccc3c2ccc2cc(CC(F)F)c(F)cc23)cc(C)c1.[Ir]. The Morgan fingerprint density at radius 3 is 2.24 bits per heavy atom. The third kappa shape index (κ3) is 8.51. The zero-order chi connectivity index (χ0) is 30.7. The normalized spacial score (nSPS) is 12.2. The summed E-state index contributed by atoms with van der Waals surface area (Å²) in [6, 6.07) is 15.8. The molecule has 1 N–H and O–H groups in total. The number of alkyl halides is 2. The molecule has 1 aromatic heterocycles. The zero-order valence-electron chi connectivity index (χ0n) is 25.5. The number of halogens is 3. The molecule has 0 aliphatic heterocycles. The molecule has 0 saturated carbocycles. The Kier molecular flexibility index (Phi) is 11.7. The van der Waals surface area contributed by atoms with E-state index in [4.69, 9.17) is 0 Å². The van der Waals surface area contributed by atoms with Gasteiger partial charge in [-0.05, 0) is 57.4 Å². The predicted octanol–water partition coefficient (Wildman–Crippen LogP) is 9.90. The molecule has 0 spiro atoms. The number of ketones is 1. The van der Waals surface area contributed by atoms with Crippen LogP contribution in [0.4, 0.5) is 13.2 Å². The van der Waals surface area contributed by atoms with Crippen LogP contribution in [0.1, 0.15) is 64.7 Å². The van der Waals surface area contributed by atoms with Crippen molar-refractivity contribution < 1.29 is 43.2 Å². The predicted molar refractivity (Wildman–Crippen MR) is 162 cm³/mol. The number of rotatable bonds is 6. The van der Waals surface area contributed by atoms with Gasteiger partial charge in [-0.2, -0.15) is 0 Å². The fourth-order valence-electron chi connectivity index (χ4n) is 4.33. The van der Waals surface area contributed by atoms with Crippen LogP contribution in [0.5, 0.6) is 0 Å². The minimum absolute atomic E-state index is 0. The molecule has 0 fully saturated rings. The maximum Gasteiger partial charge on any atom is 0.242 e. The van der Waals surface area contributed by atoms with Crippen LogP contribution in [0.3, 0.4) is 0 Å². The summed E-state index contributed by atoms with van der Waals surface area (Å²) >= 11 is 0. The molecule has 0 aliphatic rings. The average molecular weight is 755 g/mol. The number of nitrogens with zero attached hydrogens (tertiary/aromatic N) is 1. The molecule has 0 atom stereocenters. The van der Waals surface area contributed by atoms with Crippen molar-refractivity contribution in [3.05, 3.63) is 89.1 Å². The Morgan fingerprint density at radius 1 is 1.00 bits per heavy atom. The summed E-state index contributed by atoms with van der Waals surface area (Å²) in [5.74, 6) is -0.455. The van der Waals surface area contributed by atoms with E-state index in [2.05, 4.69) is 11.1 Å². The Labute approximate surface area is 260 Å². The molecule has 0 amide bonds. The van der Waals surface area contributed by atoms with Gasteiger partial charge in [-0.15, -0.1) is 34.9 Å². The second-order valence-electron chi connectivity index (χ2n) is 12.2. The van der Waals surface area contributed by atoms with E-state index in [1.165, 1.54) is 18.2 Å². The number of fused-ring (bicyclic) bond motifs is 3. The Morgan fingerprint density at radius 2 is 1.67 bits per heavy atom. The first-order valence-electron chi connectivity index (χ1n) is 13.8. The van der Waals surface area contributed by atoms with E-state index < -0.39 is 18.7 Å². The average Bonchev–Trinajstić information content (AvgIpc) is 2.87. The Balaban J connectivity index is 0.000000353. The van der Waals surface area contributed by atoms with Gasteiger partial charge in [0.1, 0.15) is 11.6 Å². The first kappa shape index (κ1) is 35.2. The van der Waals surface area contributed by atoms with Crippen molar-refractivity contribution in [1.29, 1.82) is 0 Å². The molecule has 227 valence electrons. The minimum Gasteiger partial charge on any atom is -0.512 e. The first-order valence-corrected chi connectivity index (χ1v) is 13.8. The first-order chi connectivity index (χ1) is 19.0. The fraction of sp³-hybridized carbons (Fsp3) is 0.371. The van der Waals surface area contributed by atoms with Crippen molar-refractivity contribution in [1.82, 2.24) is 4.98 Å². The molecule has 0 unspecified atom stereocenters. The molecule has 7 heteroatoms. The summed E-state index contributed by atoms with van der Waals surface area (Å²) in [6.45, 7) is 15.4. The van der Waals surface area contributed by atoms with Gasteiger partial charge < -0.3 is 10.1 Å². The van der Waals surface area contributed by atoms with Crippen LogP contribution in [-0.4, -0.2) is 22.3 Å². The standard InChI is InChI=1S/C23H17F3N.C12H22O2.Ir/c1-13-7-14(2)9-17(8-13)23-19-4-3-15-10-16(11-22(25)26)21(24)12-20(15)18(19)5-6-27-23;1-7-12(5,6)10(14)8-9(13)11(2,3)4;/h3-8,10,12,22H,11H2,1-2H3;8,13H,7H2,1-6H3;/q-1;;/b;9-8-;. The summed E-state index contributed by atoms with van der Waals surface area (Å²) in [5, 5.41) is 12.8. The van der Waals surface area contributed by atoms with E-state index >= 15 is 0 Å². The molecular weight excluding hydrogens is 716 g/mol. The van der Waals surface area contributed by atoms with E-state index in [-0.39, 0.29) is 48.0 Å². The molecule has 3 aromatic carbocycles. The summed E-state index contributed by atoms with van der Waals surface area (Å²) in [4.78, 5) is 16.2. The van der Waals surface area contributed by atoms with Gasteiger partial charge in [0.05, 0.1) is 0 Å². The number of aromatic nitrogens is 1. The number of hydrogen-bond donors (Lipinski definition) is 1. The van der Waals surface area contributed by atoms with Crippen LogP contribution in [0.2, 0.25) is 0 Å². The molecule has 4 aromatic rings. The second-order valence-corrected chi connectivity index (χ2v) is 12.2. The van der Waals surface area contributed by atoms with E-state index in [1.807, 2.05) is 85.7 Å². The van der Waals surface area contributed by atoms with Crippen LogP contribution >= 0.6 is 0 Å². The molecule has 42 heavy (non-hydrogen) atoms. The number of aryl methyl sites for hydroxylation is 2. The number of pyridine rings is 1. The van der Waals surface area contributed by atoms with Gasteiger partial charge >= 0.3 is 0 Å². The van der Waals surface area contributed by atoms with Gasteiger partial charge in [-0.25, -0.2) is 13.2 Å². The molecule has 0 aliphatic carbocycles. The van der Waals surface area contributed by atoms with Crippen LogP contribution in [-0.2, 0) is 31.3 Å². The Bertz CT molecular complexity index is 1580. The van der Waals surface area contributed by atoms with E-state index in [0.717, 1.165) is 45.0 Å². The van der Waals surface area contributed by atoms with Gasteiger partial charge in [-0.1, -0.05) is 67.5 Å². The van der Waals surface area contributed by atoms with Crippen LogP contribution in [0, 0.1) is 36.6 Å². The van der Waals surface area contributed by atoms with E-state index in [1.54, 1.807) is 6.20 Å². The molecule has 0 bridgehead atoms. The van der Waals surface area contributed by atoms with E-state index in [9.17, 15) is 23.1 Å². The van der Waals surface area contributed by atoms with Gasteiger partial charge in [0.15, 0.2) is 5.78 Å². The van der Waals surface area contributed by atoms with Crippen molar-refractivity contribution in [2.75, 3.05) is 0 Å². The number of aliphatic hydroxyl groups excluding tert-OH is 1. The molecule has 1 heterocycles. The molecule has 1 radical (unpaired) electrons. The van der Waals surface area contributed by atoms with Gasteiger partial charge in [0.25, 0.3) is 0 Å². The number of benzene rings is 3. The van der Waals surface area contributed by atoms with Crippen molar-refractivity contribution in [2.45, 2.75) is 74.7 Å². The maximum atomic E-state index is 14.4. The molecular formula is C35H39F3IrNO2-. The third-order valence-corrected chi connectivity index (χ3v) is 7.29. The second kappa shape index (κ2) is 14.0. The van der Waals surface area contributed by atoms with E-state index in [0.29, 0.717) is 5.39 Å². The van der Waals surface area contributed by atoms with Crippen LogP contribution in [0.15, 0.2) is 60.5 Å². The summed E-state index contributed by atoms with van der Waals surface area (Å²) in [6.07, 6.45) is 0.670. The largest absolute Gasteiger partial charge is 0.512 e. The van der Waals surface area contributed by atoms with Crippen molar-refractivity contribution in [2.24, 2.45) is 10.8 Å². The molecule has 0 saturated heterocycles. The number of hydrogen-bond acceptors (Lipinski definition) is 3. The number of aliphatic hydroxyl groups is 1. The smallest absolute Gasteiger partial charge is 0.242 e. The van der Waals surface area contributed by atoms with Gasteiger partial charge in [-0.3, -0.25) is 4.79 Å². The fourth-order valence-corrected chi connectivity index (χ4v) is 4.33. The third-order valence-electron chi connectivity index (χ3n) is 7.29. The van der Waals surface area contributed by atoms with Crippen LogP contribution < -0.4 is 0 Å². The van der Waals surface area contributed by atoms with Crippen molar-refractivity contribution in [3.63, 3.8) is 0 Å². The van der Waals surface area contributed by atoms with Crippen molar-refractivity contribution in [3.8, 4) is 11.3 Å². The minimum atomic E-state index is -2.58. The number of carbonyl (C=O) groups excluding carboxylic acids is 1. The topological polar surface area (TPSA) is 50.2 Å². The quantitative estimate of drug-likeness (QED) is 0.0924. The van der Waals surface area contributed by atoms with Gasteiger partial charge in [0, 0.05) is 49.6 Å². The number of allylic oxidation sites excluding steroid dienone is 2. The molecule has 3 nitrogen and oxygen atoms in total. The summed E-state index contributed by atoms with van der Waals surface area (Å²) in [5.41, 5.74) is 3.11. The van der Waals surface area contributed by atoms with Gasteiger partial charge in [0.2, 0.25) is 6.43 Å². The van der Waals surface area contributed by atoms with Crippen LogP contribution in [0.25, 0.3) is 32.8 Å². The van der Waals surface area contributed by atoms with Crippen molar-refractivity contribution >= 4 is 27.3 Å². The monoisotopic (exact) mass is 755 g/mol. The zero-order valence-corrected chi connectivity index (χ0v) is 27.9. The molecule has 4 rings (SSSR count).